The Bertz CT molecular complexity index is 1050. The minimum absolute atomic E-state index is 0.0619. The van der Waals surface area contributed by atoms with Crippen LogP contribution in [0.5, 0.6) is 5.75 Å². The van der Waals surface area contributed by atoms with Gasteiger partial charge in [-0.2, -0.15) is 0 Å². The molecule has 1 unspecified atom stereocenters. The number of pyridine rings is 1. The molecule has 0 bridgehead atoms. The van der Waals surface area contributed by atoms with Gasteiger partial charge in [0.2, 0.25) is 0 Å². The van der Waals surface area contributed by atoms with Crippen molar-refractivity contribution in [2.75, 3.05) is 13.7 Å². The van der Waals surface area contributed by atoms with Crippen LogP contribution in [0.1, 0.15) is 24.0 Å². The summed E-state index contributed by atoms with van der Waals surface area (Å²) in [4.78, 5) is 9.24. The number of imidazole rings is 1. The van der Waals surface area contributed by atoms with Crippen molar-refractivity contribution < 1.29 is 13.9 Å². The summed E-state index contributed by atoms with van der Waals surface area (Å²) in [6, 6.07) is 9.36. The number of rotatable bonds is 4. The molecule has 3 aromatic rings. The summed E-state index contributed by atoms with van der Waals surface area (Å²) >= 11 is 6.21. The van der Waals surface area contributed by atoms with Crippen LogP contribution in [-0.2, 0) is 24.4 Å². The maximum absolute atomic E-state index is 13.3. The van der Waals surface area contributed by atoms with Crippen LogP contribution in [0.3, 0.4) is 0 Å². The zero-order valence-corrected chi connectivity index (χ0v) is 17.5. The number of alkyl halides is 1. The highest BCUT2D eigenvalue weighted by Gasteiger charge is 2.24. The second kappa shape index (κ2) is 8.13. The van der Waals surface area contributed by atoms with Gasteiger partial charge in [0.15, 0.2) is 0 Å². The summed E-state index contributed by atoms with van der Waals surface area (Å²) in [5.41, 5.74) is 4.88. The van der Waals surface area contributed by atoms with Gasteiger partial charge in [0.1, 0.15) is 18.2 Å². The van der Waals surface area contributed by atoms with Gasteiger partial charge < -0.3 is 14.0 Å². The number of halogens is 2. The molecule has 7 heteroatoms. The number of hydrogen-bond acceptors (Lipinski definition) is 4. The molecular formula is C22H23ClFN3O2. The molecule has 0 spiro atoms. The van der Waals surface area contributed by atoms with Gasteiger partial charge in [-0.1, -0.05) is 11.6 Å². The lowest BCUT2D eigenvalue weighted by molar-refractivity contribution is 0.0666. The number of aromatic nitrogens is 3. The van der Waals surface area contributed by atoms with Gasteiger partial charge in [0, 0.05) is 28.9 Å². The number of fused-ring (bicyclic) bond motifs is 1. The van der Waals surface area contributed by atoms with Crippen molar-refractivity contribution in [2.45, 2.75) is 39.6 Å². The molecule has 4 rings (SSSR count). The molecule has 3 heterocycles. The fraction of sp³-hybridized carbons (Fsp3) is 0.364. The van der Waals surface area contributed by atoms with E-state index in [4.69, 9.17) is 26.1 Å². The summed E-state index contributed by atoms with van der Waals surface area (Å²) in [6.07, 6.45) is 0.788. The van der Waals surface area contributed by atoms with Crippen molar-refractivity contribution in [1.29, 1.82) is 0 Å². The normalized spacial score (nSPS) is 16.4. The first-order chi connectivity index (χ1) is 14.0. The van der Waals surface area contributed by atoms with Crippen LogP contribution >= 0.6 is 11.6 Å². The molecule has 29 heavy (non-hydrogen) atoms. The van der Waals surface area contributed by atoms with Gasteiger partial charge in [-0.05, 0) is 44.2 Å². The van der Waals surface area contributed by atoms with Crippen LogP contribution in [0, 0.1) is 6.92 Å². The number of benzene rings is 1. The highest BCUT2D eigenvalue weighted by atomic mass is 35.5. The first-order valence-corrected chi connectivity index (χ1v) is 9.96. The fourth-order valence-electron chi connectivity index (χ4n) is 3.80. The number of ether oxygens (including phenoxy) is 2. The minimum Gasteiger partial charge on any atom is -0.495 e. The molecule has 0 radical (unpaired) electrons. The van der Waals surface area contributed by atoms with E-state index in [0.29, 0.717) is 29.6 Å². The van der Waals surface area contributed by atoms with E-state index in [9.17, 15) is 4.39 Å². The van der Waals surface area contributed by atoms with Crippen LogP contribution in [0.25, 0.3) is 22.6 Å². The van der Waals surface area contributed by atoms with Gasteiger partial charge in [-0.25, -0.2) is 9.37 Å². The Morgan fingerprint density at radius 3 is 2.83 bits per heavy atom. The topological polar surface area (TPSA) is 49.2 Å². The van der Waals surface area contributed by atoms with E-state index in [0.717, 1.165) is 40.5 Å². The average molecular weight is 416 g/mol. The number of aryl methyl sites for hydroxylation is 1. The zero-order valence-electron chi connectivity index (χ0n) is 16.7. The second-order valence-corrected chi connectivity index (χ2v) is 7.65. The Morgan fingerprint density at radius 1 is 1.24 bits per heavy atom. The van der Waals surface area contributed by atoms with Crippen LogP contribution in [0.4, 0.5) is 4.39 Å². The van der Waals surface area contributed by atoms with Gasteiger partial charge in [0.25, 0.3) is 0 Å². The fourth-order valence-corrected chi connectivity index (χ4v) is 3.99. The predicted octanol–water partition coefficient (Wildman–Crippen LogP) is 5.01. The molecule has 0 saturated heterocycles. The third-order valence-electron chi connectivity index (χ3n) is 5.08. The quantitative estimate of drug-likeness (QED) is 0.600. The van der Waals surface area contributed by atoms with Crippen molar-refractivity contribution in [3.05, 3.63) is 52.4 Å². The maximum Gasteiger partial charge on any atom is 0.141 e. The van der Waals surface area contributed by atoms with E-state index in [1.807, 2.05) is 31.2 Å². The number of methoxy groups -OCH3 is 1. The Morgan fingerprint density at radius 2 is 2.07 bits per heavy atom. The number of nitrogens with zero attached hydrogens (tertiary/aromatic N) is 3. The summed E-state index contributed by atoms with van der Waals surface area (Å²) in [5, 5.41) is 0.549. The minimum atomic E-state index is -0.605. The highest BCUT2D eigenvalue weighted by Crippen LogP contribution is 2.35. The van der Waals surface area contributed by atoms with Gasteiger partial charge >= 0.3 is 0 Å². The van der Waals surface area contributed by atoms with Crippen molar-refractivity contribution in [3.63, 3.8) is 0 Å². The molecule has 0 saturated carbocycles. The van der Waals surface area contributed by atoms with Crippen LogP contribution in [0.2, 0.25) is 5.02 Å². The van der Waals surface area contributed by atoms with E-state index in [2.05, 4.69) is 16.5 Å². The Balaban J connectivity index is 1.92. The largest absolute Gasteiger partial charge is 0.495 e. The molecular weight excluding hydrogens is 393 g/mol. The van der Waals surface area contributed by atoms with E-state index in [1.165, 1.54) is 0 Å². The van der Waals surface area contributed by atoms with E-state index in [1.54, 1.807) is 13.2 Å². The predicted molar refractivity (Wildman–Crippen MR) is 111 cm³/mol. The third-order valence-corrected chi connectivity index (χ3v) is 5.39. The molecule has 0 N–H and O–H groups in total. The molecule has 1 aromatic carbocycles. The zero-order chi connectivity index (χ0) is 20.5. The lowest BCUT2D eigenvalue weighted by Crippen LogP contribution is -2.15. The standard InChI is InChI=1S/C22H23ClFN3O2/c1-13-8-16(9-17(11-24)25-13)21-19-6-7-29-14(2)12-27(19)22(26-21)15-4-5-18(23)20(10-15)28-3/h4-5,8-10,14H,6-7,11-12H2,1-3H3. The highest BCUT2D eigenvalue weighted by molar-refractivity contribution is 6.32. The Kier molecular flexibility index (Phi) is 5.56. The molecule has 2 aromatic heterocycles. The van der Waals surface area contributed by atoms with Gasteiger partial charge in [-0.15, -0.1) is 0 Å². The van der Waals surface area contributed by atoms with E-state index in [-0.39, 0.29) is 6.10 Å². The third kappa shape index (κ3) is 3.87. The molecule has 1 atom stereocenters. The monoisotopic (exact) mass is 415 g/mol. The van der Waals surface area contributed by atoms with Crippen LogP contribution < -0.4 is 4.74 Å². The average Bonchev–Trinajstić information content (AvgIpc) is 2.94. The SMILES string of the molecule is COc1cc(-c2nc(-c3cc(C)nc(CF)c3)c3n2CC(C)OCC3)ccc1Cl. The maximum atomic E-state index is 13.3. The first kappa shape index (κ1) is 19.9. The van der Waals surface area contributed by atoms with Crippen molar-refractivity contribution in [3.8, 4) is 28.4 Å². The van der Waals surface area contributed by atoms with Crippen molar-refractivity contribution >= 4 is 11.6 Å². The van der Waals surface area contributed by atoms with Gasteiger partial charge in [0.05, 0.1) is 42.8 Å². The lowest BCUT2D eigenvalue weighted by Gasteiger charge is -2.13. The second-order valence-electron chi connectivity index (χ2n) is 7.24. The Hall–Kier alpha value is -2.44. The molecule has 0 amide bonds. The molecule has 5 nitrogen and oxygen atoms in total. The summed E-state index contributed by atoms with van der Waals surface area (Å²) in [5.74, 6) is 1.42. The molecule has 1 aliphatic rings. The molecule has 0 aliphatic carbocycles. The smallest absolute Gasteiger partial charge is 0.141 e. The summed E-state index contributed by atoms with van der Waals surface area (Å²) in [6.45, 7) is 4.62. The first-order valence-electron chi connectivity index (χ1n) is 9.59. The molecule has 1 aliphatic heterocycles. The van der Waals surface area contributed by atoms with Crippen LogP contribution in [0.15, 0.2) is 30.3 Å². The van der Waals surface area contributed by atoms with Crippen molar-refractivity contribution in [1.82, 2.24) is 14.5 Å². The molecule has 152 valence electrons. The Labute approximate surface area is 174 Å². The van der Waals surface area contributed by atoms with Crippen molar-refractivity contribution in [2.24, 2.45) is 0 Å². The van der Waals surface area contributed by atoms with Crippen LogP contribution in [-0.4, -0.2) is 34.4 Å². The van der Waals surface area contributed by atoms with E-state index >= 15 is 0 Å². The summed E-state index contributed by atoms with van der Waals surface area (Å²) < 4.78 is 26.8. The molecule has 0 fully saturated rings. The van der Waals surface area contributed by atoms with E-state index < -0.39 is 6.67 Å². The lowest BCUT2D eigenvalue weighted by atomic mass is 10.1. The summed E-state index contributed by atoms with van der Waals surface area (Å²) in [7, 11) is 1.59. The number of hydrogen-bond donors (Lipinski definition) is 0. The van der Waals surface area contributed by atoms with Gasteiger partial charge in [-0.3, -0.25) is 4.98 Å².